The van der Waals surface area contributed by atoms with Gasteiger partial charge < -0.3 is 14.9 Å². The number of anilines is 1. The van der Waals surface area contributed by atoms with Gasteiger partial charge in [-0.05, 0) is 35.4 Å². The molecule has 0 amide bonds. The van der Waals surface area contributed by atoms with E-state index in [2.05, 4.69) is 11.1 Å². The lowest BCUT2D eigenvalue weighted by atomic mass is 9.97. The van der Waals surface area contributed by atoms with E-state index >= 15 is 0 Å². The number of Topliss-reactive ketones (excluding diaryl/α,β-unsaturated/α-hetero) is 1. The Morgan fingerprint density at radius 1 is 0.950 bits per heavy atom. The maximum atomic E-state index is 13.0. The molecule has 0 spiro atoms. The summed E-state index contributed by atoms with van der Waals surface area (Å²) in [4.78, 5) is 29.6. The van der Waals surface area contributed by atoms with Crippen LogP contribution >= 0.6 is 11.8 Å². The number of carbonyl (C=O) groups excluding carboxylic acids is 1. The number of hydrogen-bond donors (Lipinski definition) is 1. The minimum atomic E-state index is -0.743. The lowest BCUT2D eigenvalue weighted by Crippen LogP contribution is -2.16. The number of benzene rings is 3. The van der Waals surface area contributed by atoms with Gasteiger partial charge in [-0.3, -0.25) is 4.79 Å². The van der Waals surface area contributed by atoms with Crippen molar-refractivity contribution in [3.05, 3.63) is 118 Å². The van der Waals surface area contributed by atoms with E-state index in [0.717, 1.165) is 17.3 Å². The third-order valence-corrected chi connectivity index (χ3v) is 7.06. The monoisotopic (exact) mass is 544 g/mol. The smallest absolute Gasteiger partial charge is 0.347 e. The van der Waals surface area contributed by atoms with E-state index in [9.17, 15) is 20.1 Å². The van der Waals surface area contributed by atoms with E-state index in [4.69, 9.17) is 14.9 Å². The van der Waals surface area contributed by atoms with Gasteiger partial charge in [-0.15, -0.1) is 0 Å². The molecule has 0 fully saturated rings. The number of thioether (sulfide) groups is 1. The maximum absolute atomic E-state index is 13.0. The van der Waals surface area contributed by atoms with E-state index in [0.29, 0.717) is 34.5 Å². The second-order valence-electron chi connectivity index (χ2n) is 8.65. The number of fused-ring (bicyclic) bond motifs is 1. The summed E-state index contributed by atoms with van der Waals surface area (Å²) in [6.07, 6.45) is 0. The van der Waals surface area contributed by atoms with E-state index < -0.39 is 11.4 Å². The fraction of sp³-hybridized carbons (Fsp3) is 0.0645. The molecule has 9 heteroatoms. The molecule has 0 saturated heterocycles. The molecular formula is C31H20N4O4S. The van der Waals surface area contributed by atoms with Gasteiger partial charge in [-0.1, -0.05) is 72.4 Å². The average molecular weight is 545 g/mol. The zero-order valence-corrected chi connectivity index (χ0v) is 21.8. The summed E-state index contributed by atoms with van der Waals surface area (Å²) in [5.41, 5.74) is 7.70. The number of nitrogens with zero attached hydrogens (tertiary/aromatic N) is 3. The Morgan fingerprint density at radius 3 is 2.38 bits per heavy atom. The summed E-state index contributed by atoms with van der Waals surface area (Å²) in [6, 6.07) is 29.2. The third kappa shape index (κ3) is 5.41. The first-order chi connectivity index (χ1) is 19.5. The fourth-order valence-corrected chi connectivity index (χ4v) is 5.00. The summed E-state index contributed by atoms with van der Waals surface area (Å²) < 4.78 is 11.1. The number of ketones is 1. The summed E-state index contributed by atoms with van der Waals surface area (Å²) >= 11 is 0.962. The Balaban J connectivity index is 1.42. The molecule has 40 heavy (non-hydrogen) atoms. The highest BCUT2D eigenvalue weighted by Gasteiger charge is 2.22. The molecule has 0 aliphatic heterocycles. The maximum Gasteiger partial charge on any atom is 0.347 e. The van der Waals surface area contributed by atoms with Crippen molar-refractivity contribution in [1.29, 1.82) is 10.5 Å². The van der Waals surface area contributed by atoms with Crippen LogP contribution in [0.25, 0.3) is 22.1 Å². The first kappa shape index (κ1) is 26.2. The molecular weight excluding hydrogens is 524 g/mol. The number of hydrogen-bond acceptors (Lipinski definition) is 9. The SMILES string of the molecule is N#Cc1c(N)nc(SCC(=O)c2cc3ccccc3oc2=O)c(C#N)c1-c1ccc(OCc2ccccc2)cc1. The second-order valence-corrected chi connectivity index (χ2v) is 9.61. The molecule has 3 aromatic carbocycles. The van der Waals surface area contributed by atoms with Crippen molar-refractivity contribution >= 4 is 34.3 Å². The molecule has 0 atom stereocenters. The Morgan fingerprint density at radius 2 is 1.65 bits per heavy atom. The molecule has 5 rings (SSSR count). The number of nitrogen functional groups attached to an aromatic ring is 1. The number of nitriles is 2. The molecule has 2 heterocycles. The molecule has 0 aliphatic rings. The van der Waals surface area contributed by atoms with E-state index in [-0.39, 0.29) is 33.3 Å². The summed E-state index contributed by atoms with van der Waals surface area (Å²) in [5.74, 6) is -0.135. The van der Waals surface area contributed by atoms with Crippen LogP contribution in [-0.2, 0) is 6.61 Å². The highest BCUT2D eigenvalue weighted by Crippen LogP contribution is 2.36. The molecule has 0 radical (unpaired) electrons. The van der Waals surface area contributed by atoms with Crippen LogP contribution in [0.5, 0.6) is 5.75 Å². The van der Waals surface area contributed by atoms with E-state index in [1.807, 2.05) is 36.4 Å². The van der Waals surface area contributed by atoms with E-state index in [1.165, 1.54) is 6.07 Å². The standard InChI is InChI=1S/C31H20N4O4S/c32-15-24-28(20-10-12-22(13-11-20)38-17-19-6-2-1-3-7-19)25(16-33)30(35-29(24)34)40-18-26(36)23-14-21-8-4-5-9-27(21)39-31(23)37/h1-14H,17-18H2,(H2,34,35). The number of nitrogens with two attached hydrogens (primary N) is 1. The molecule has 0 saturated carbocycles. The van der Waals surface area contributed by atoms with Gasteiger partial charge in [0.15, 0.2) is 5.78 Å². The number of aromatic nitrogens is 1. The highest BCUT2D eigenvalue weighted by atomic mass is 32.2. The molecule has 2 N–H and O–H groups in total. The molecule has 0 bridgehead atoms. The Hall–Kier alpha value is -5.38. The molecule has 2 aromatic heterocycles. The first-order valence-corrected chi connectivity index (χ1v) is 13.1. The van der Waals surface area contributed by atoms with Gasteiger partial charge in [0.1, 0.15) is 52.0 Å². The lowest BCUT2D eigenvalue weighted by Gasteiger charge is -2.13. The van der Waals surface area contributed by atoms with Gasteiger partial charge in [-0.2, -0.15) is 10.5 Å². The quantitative estimate of drug-likeness (QED) is 0.147. The Labute approximate surface area is 233 Å². The average Bonchev–Trinajstić information content (AvgIpc) is 2.99. The minimum Gasteiger partial charge on any atom is -0.489 e. The van der Waals surface area contributed by atoms with Crippen LogP contribution in [0, 0.1) is 22.7 Å². The van der Waals surface area contributed by atoms with Gasteiger partial charge in [0, 0.05) is 10.9 Å². The van der Waals surface area contributed by atoms with Crippen LogP contribution in [-0.4, -0.2) is 16.5 Å². The van der Waals surface area contributed by atoms with Crippen molar-refractivity contribution in [2.75, 3.05) is 11.5 Å². The van der Waals surface area contributed by atoms with Gasteiger partial charge in [0.05, 0.1) is 11.3 Å². The van der Waals surface area contributed by atoms with Crippen molar-refractivity contribution < 1.29 is 13.9 Å². The molecule has 194 valence electrons. The molecule has 0 aliphatic carbocycles. The van der Waals surface area contributed by atoms with Crippen molar-refractivity contribution in [3.63, 3.8) is 0 Å². The van der Waals surface area contributed by atoms with Gasteiger partial charge in [0.2, 0.25) is 0 Å². The van der Waals surface area contributed by atoms with Crippen LogP contribution in [0.4, 0.5) is 5.82 Å². The minimum absolute atomic E-state index is 0.0559. The van der Waals surface area contributed by atoms with Crippen LogP contribution in [0.3, 0.4) is 0 Å². The fourth-order valence-electron chi connectivity index (χ4n) is 4.12. The lowest BCUT2D eigenvalue weighted by molar-refractivity contribution is 0.101. The topological polar surface area (TPSA) is 143 Å². The van der Waals surface area contributed by atoms with Crippen molar-refractivity contribution in [3.8, 4) is 29.0 Å². The normalized spacial score (nSPS) is 10.6. The largest absolute Gasteiger partial charge is 0.489 e. The number of ether oxygens (including phenoxy) is 1. The van der Waals surface area contributed by atoms with Crippen LogP contribution in [0.15, 0.2) is 99.2 Å². The van der Waals surface area contributed by atoms with Gasteiger partial charge in [0.25, 0.3) is 0 Å². The molecule has 5 aromatic rings. The van der Waals surface area contributed by atoms with Crippen LogP contribution < -0.4 is 16.1 Å². The summed E-state index contributed by atoms with van der Waals surface area (Å²) in [5, 5.41) is 20.7. The predicted octanol–water partition coefficient (Wildman–Crippen LogP) is 5.73. The van der Waals surface area contributed by atoms with Crippen LogP contribution in [0.2, 0.25) is 0 Å². The Kier molecular flexibility index (Phi) is 7.58. The summed E-state index contributed by atoms with van der Waals surface area (Å²) in [6.45, 7) is 0.389. The third-order valence-electron chi connectivity index (χ3n) is 6.09. The molecule has 0 unspecified atom stereocenters. The number of carbonyl (C=O) groups is 1. The number of rotatable bonds is 8. The second kappa shape index (κ2) is 11.6. The Bertz CT molecular complexity index is 1870. The zero-order chi connectivity index (χ0) is 28.1. The zero-order valence-electron chi connectivity index (χ0n) is 21.0. The highest BCUT2D eigenvalue weighted by molar-refractivity contribution is 8.00. The van der Waals surface area contributed by atoms with Crippen molar-refractivity contribution in [1.82, 2.24) is 4.98 Å². The molecule has 8 nitrogen and oxygen atoms in total. The number of para-hydroxylation sites is 1. The van der Waals surface area contributed by atoms with E-state index in [1.54, 1.807) is 48.5 Å². The van der Waals surface area contributed by atoms with Gasteiger partial charge in [-0.25, -0.2) is 9.78 Å². The summed E-state index contributed by atoms with van der Waals surface area (Å²) in [7, 11) is 0. The van der Waals surface area contributed by atoms with Gasteiger partial charge >= 0.3 is 5.63 Å². The number of pyridine rings is 1. The first-order valence-electron chi connectivity index (χ1n) is 12.1. The van der Waals surface area contributed by atoms with Crippen molar-refractivity contribution in [2.24, 2.45) is 0 Å². The van der Waals surface area contributed by atoms with Crippen LogP contribution in [0.1, 0.15) is 27.0 Å². The van der Waals surface area contributed by atoms with Crippen molar-refractivity contribution in [2.45, 2.75) is 11.6 Å². The predicted molar refractivity (Wildman–Crippen MR) is 152 cm³/mol.